The predicted octanol–water partition coefficient (Wildman–Crippen LogP) is 8.13. The van der Waals surface area contributed by atoms with Crippen LogP contribution < -0.4 is 0 Å². The fourth-order valence-electron chi connectivity index (χ4n) is 7.13. The summed E-state index contributed by atoms with van der Waals surface area (Å²) in [6.07, 6.45) is 19.1. The van der Waals surface area contributed by atoms with Crippen molar-refractivity contribution in [1.82, 2.24) is 0 Å². The van der Waals surface area contributed by atoms with E-state index in [0.717, 1.165) is 36.2 Å². The minimum Gasteiger partial charge on any atom is -0.205 e. The van der Waals surface area contributed by atoms with Crippen LogP contribution in [0.5, 0.6) is 0 Å². The first-order chi connectivity index (χ1) is 15.1. The van der Waals surface area contributed by atoms with Crippen LogP contribution in [0.3, 0.4) is 0 Å². The molecule has 0 N–H and O–H groups in total. The molecule has 1 nitrogen and oxygen atoms in total. The van der Waals surface area contributed by atoms with Gasteiger partial charge in [0.1, 0.15) is 23.3 Å². The van der Waals surface area contributed by atoms with Gasteiger partial charge in [0.15, 0.2) is 0 Å². The predicted molar refractivity (Wildman–Crippen MR) is 122 cm³/mol. The Morgan fingerprint density at radius 2 is 1.61 bits per heavy atom. The molecule has 5 unspecified atom stereocenters. The van der Waals surface area contributed by atoms with E-state index in [2.05, 4.69) is 6.92 Å². The summed E-state index contributed by atoms with van der Waals surface area (Å²) < 4.78 is 28.7. The fourth-order valence-corrected chi connectivity index (χ4v) is 7.13. The minimum atomic E-state index is -0.684. The van der Waals surface area contributed by atoms with Gasteiger partial charge in [0, 0.05) is 0 Å². The molecular formula is C28H39F2N. The van der Waals surface area contributed by atoms with Crippen molar-refractivity contribution in [2.24, 2.45) is 29.6 Å². The van der Waals surface area contributed by atoms with Gasteiger partial charge in [0.2, 0.25) is 0 Å². The average molecular weight is 428 g/mol. The number of nitrogens with zero attached hydrogens (tertiary/aromatic N) is 1. The number of nitriles is 1. The van der Waals surface area contributed by atoms with E-state index in [1.807, 2.05) is 0 Å². The van der Waals surface area contributed by atoms with Gasteiger partial charge in [0.25, 0.3) is 0 Å². The molecule has 170 valence electrons. The van der Waals surface area contributed by atoms with Gasteiger partial charge < -0.3 is 0 Å². The lowest BCUT2D eigenvalue weighted by molar-refractivity contribution is 0.0688. The molecule has 5 atom stereocenters. The van der Waals surface area contributed by atoms with Gasteiger partial charge >= 0.3 is 0 Å². The second-order valence-electron chi connectivity index (χ2n) is 10.8. The lowest BCUT2D eigenvalue weighted by Gasteiger charge is -2.45. The summed E-state index contributed by atoms with van der Waals surface area (Å²) in [6, 6.07) is 3.14. The Hall–Kier alpha value is -1.43. The number of benzene rings is 1. The van der Waals surface area contributed by atoms with Crippen LogP contribution in [-0.2, 0) is 12.8 Å². The zero-order valence-corrected chi connectivity index (χ0v) is 19.3. The molecule has 2 saturated carbocycles. The van der Waals surface area contributed by atoms with E-state index in [4.69, 9.17) is 5.26 Å². The van der Waals surface area contributed by atoms with Gasteiger partial charge in [0.05, 0.1) is 0 Å². The number of hydrogen-bond acceptors (Lipinski definition) is 1. The molecule has 31 heavy (non-hydrogen) atoms. The van der Waals surface area contributed by atoms with E-state index >= 15 is 0 Å². The van der Waals surface area contributed by atoms with Crippen LogP contribution in [0.25, 0.3) is 0 Å². The van der Waals surface area contributed by atoms with Crippen LogP contribution in [0.15, 0.2) is 6.07 Å². The first-order valence-corrected chi connectivity index (χ1v) is 13.0. The molecule has 0 heterocycles. The van der Waals surface area contributed by atoms with Crippen LogP contribution in [-0.4, -0.2) is 0 Å². The Labute approximate surface area is 187 Å². The highest BCUT2D eigenvalue weighted by Crippen LogP contribution is 2.49. The van der Waals surface area contributed by atoms with E-state index < -0.39 is 17.2 Å². The maximum atomic E-state index is 14.5. The van der Waals surface area contributed by atoms with Gasteiger partial charge in [-0.1, -0.05) is 51.9 Å². The molecule has 2 fully saturated rings. The average Bonchev–Trinajstić information content (AvgIpc) is 2.78. The first kappa shape index (κ1) is 22.8. The summed E-state index contributed by atoms with van der Waals surface area (Å²) in [5, 5.41) is 9.04. The molecule has 4 rings (SSSR count). The molecule has 0 amide bonds. The Balaban J connectivity index is 1.29. The molecule has 0 bridgehead atoms. The molecule has 0 aliphatic heterocycles. The summed E-state index contributed by atoms with van der Waals surface area (Å²) in [7, 11) is 0. The van der Waals surface area contributed by atoms with Crippen LogP contribution in [0, 0.1) is 52.6 Å². The van der Waals surface area contributed by atoms with Crippen molar-refractivity contribution in [3.63, 3.8) is 0 Å². The monoisotopic (exact) mass is 427 g/mol. The van der Waals surface area contributed by atoms with E-state index in [1.54, 1.807) is 6.07 Å². The van der Waals surface area contributed by atoms with Crippen molar-refractivity contribution in [1.29, 1.82) is 5.26 Å². The molecule has 3 aliphatic rings. The molecule has 1 aromatic rings. The zero-order chi connectivity index (χ0) is 21.8. The maximum Gasteiger partial charge on any atom is 0.147 e. The highest BCUT2D eigenvalue weighted by atomic mass is 19.1. The molecule has 3 aliphatic carbocycles. The van der Waals surface area contributed by atoms with E-state index in [9.17, 15) is 8.78 Å². The lowest BCUT2D eigenvalue weighted by Crippen LogP contribution is -2.35. The second-order valence-corrected chi connectivity index (χ2v) is 10.8. The maximum absolute atomic E-state index is 14.5. The highest BCUT2D eigenvalue weighted by Gasteiger charge is 2.39. The number of unbranched alkanes of at least 4 members (excludes halogenated alkanes) is 4. The summed E-state index contributed by atoms with van der Waals surface area (Å²) in [5.74, 6) is 2.74. The third-order valence-electron chi connectivity index (χ3n) is 8.92. The van der Waals surface area contributed by atoms with E-state index in [1.165, 1.54) is 83.1 Å². The van der Waals surface area contributed by atoms with Gasteiger partial charge in [-0.2, -0.15) is 5.26 Å². The topological polar surface area (TPSA) is 23.8 Å². The number of hydrogen-bond donors (Lipinski definition) is 0. The molecular weight excluding hydrogens is 388 g/mol. The normalized spacial score (nSPS) is 30.3. The molecule has 0 saturated heterocycles. The van der Waals surface area contributed by atoms with E-state index in [0.29, 0.717) is 23.8 Å². The SMILES string of the molecule is CCCCCCCC1CCC2CC(C3CCc4c(cc(F)c(C#N)c4F)C3)CCC2C1. The summed E-state index contributed by atoms with van der Waals surface area (Å²) >= 11 is 0. The molecule has 1 aromatic carbocycles. The Morgan fingerprint density at radius 1 is 0.903 bits per heavy atom. The van der Waals surface area contributed by atoms with Gasteiger partial charge in [-0.25, -0.2) is 8.78 Å². The van der Waals surface area contributed by atoms with Gasteiger partial charge in [-0.05, 0) is 98.1 Å². The van der Waals surface area contributed by atoms with Crippen LogP contribution in [0.2, 0.25) is 0 Å². The quantitative estimate of drug-likeness (QED) is 0.403. The lowest BCUT2D eigenvalue weighted by atomic mass is 9.60. The number of rotatable bonds is 7. The van der Waals surface area contributed by atoms with Crippen LogP contribution in [0.4, 0.5) is 8.78 Å². The second kappa shape index (κ2) is 10.5. The van der Waals surface area contributed by atoms with Crippen molar-refractivity contribution < 1.29 is 8.78 Å². The van der Waals surface area contributed by atoms with Crippen molar-refractivity contribution in [2.75, 3.05) is 0 Å². The van der Waals surface area contributed by atoms with Crippen molar-refractivity contribution in [3.8, 4) is 6.07 Å². The third-order valence-corrected chi connectivity index (χ3v) is 8.92. The number of halogens is 2. The first-order valence-electron chi connectivity index (χ1n) is 13.0. The van der Waals surface area contributed by atoms with Crippen molar-refractivity contribution >= 4 is 0 Å². The smallest absolute Gasteiger partial charge is 0.147 e. The zero-order valence-electron chi connectivity index (χ0n) is 19.3. The molecule has 0 aromatic heterocycles. The highest BCUT2D eigenvalue weighted by molar-refractivity contribution is 5.42. The fraction of sp³-hybridized carbons (Fsp3) is 0.750. The third kappa shape index (κ3) is 5.15. The Morgan fingerprint density at radius 3 is 2.39 bits per heavy atom. The van der Waals surface area contributed by atoms with Crippen LogP contribution >= 0.6 is 0 Å². The van der Waals surface area contributed by atoms with Crippen LogP contribution in [0.1, 0.15) is 107 Å². The van der Waals surface area contributed by atoms with E-state index in [-0.39, 0.29) is 0 Å². The molecule has 3 heteroatoms. The minimum absolute atomic E-state index is 0.403. The Bertz CT molecular complexity index is 795. The van der Waals surface area contributed by atoms with Crippen molar-refractivity contribution in [2.45, 2.75) is 103 Å². The van der Waals surface area contributed by atoms with Crippen molar-refractivity contribution in [3.05, 3.63) is 34.4 Å². The number of fused-ring (bicyclic) bond motifs is 2. The summed E-state index contributed by atoms with van der Waals surface area (Å²) in [6.45, 7) is 2.28. The molecule has 0 spiro atoms. The Kier molecular flexibility index (Phi) is 7.68. The summed E-state index contributed by atoms with van der Waals surface area (Å²) in [5.41, 5.74) is 1.02. The molecule has 0 radical (unpaired) electrons. The largest absolute Gasteiger partial charge is 0.205 e. The summed E-state index contributed by atoms with van der Waals surface area (Å²) in [4.78, 5) is 0. The van der Waals surface area contributed by atoms with Gasteiger partial charge in [-0.15, -0.1) is 0 Å². The van der Waals surface area contributed by atoms with Gasteiger partial charge in [-0.3, -0.25) is 0 Å². The standard InChI is InChI=1S/C28H39F2N/c1-2-3-4-5-6-7-19-8-9-21-15-22(11-10-20(21)14-19)23-12-13-25-24(16-23)17-27(29)26(18-31)28(25)30/h17,19-23H,2-16H2,1H3.